The van der Waals surface area contributed by atoms with E-state index in [0.717, 1.165) is 6.08 Å². The number of hydrogen-bond acceptors (Lipinski definition) is 6. The van der Waals surface area contributed by atoms with Crippen LogP contribution in [0.3, 0.4) is 0 Å². The summed E-state index contributed by atoms with van der Waals surface area (Å²) in [5, 5.41) is 19.1. The highest BCUT2D eigenvalue weighted by atomic mass is 16.6. The normalized spacial score (nSPS) is 13.2. The van der Waals surface area contributed by atoms with Crippen molar-refractivity contribution in [2.24, 2.45) is 0 Å². The molecule has 0 saturated heterocycles. The quantitative estimate of drug-likeness (QED) is 0.373. The predicted molar refractivity (Wildman–Crippen MR) is 68.4 cm³/mol. The molecule has 0 fully saturated rings. The summed E-state index contributed by atoms with van der Waals surface area (Å²) in [5.41, 5.74) is -1.16. The van der Waals surface area contributed by atoms with Crippen LogP contribution in [0.5, 0.6) is 0 Å². The van der Waals surface area contributed by atoms with Gasteiger partial charge in [0.2, 0.25) is 0 Å². The van der Waals surface area contributed by atoms with Crippen LogP contribution in [-0.2, 0) is 19.1 Å². The van der Waals surface area contributed by atoms with Crippen molar-refractivity contribution in [1.29, 1.82) is 0 Å². The molecule has 6 heteroatoms. The standard InChI is InChI=1S/C13H20O6/c1-4-11(15)19-9-12(16)18-7-6-13(17,5-2)8-10(3)14/h4,14,17H,1,3,5-9H2,2H3. The first-order valence-electron chi connectivity index (χ1n) is 5.87. The Hall–Kier alpha value is -1.82. The fourth-order valence-corrected chi connectivity index (χ4v) is 1.36. The molecule has 0 aliphatic heterocycles. The lowest BCUT2D eigenvalue weighted by Gasteiger charge is -2.25. The predicted octanol–water partition coefficient (Wildman–Crippen LogP) is 1.25. The molecule has 0 radical (unpaired) electrons. The molecule has 0 aliphatic rings. The van der Waals surface area contributed by atoms with Crippen LogP contribution >= 0.6 is 0 Å². The third-order valence-corrected chi connectivity index (χ3v) is 2.52. The van der Waals surface area contributed by atoms with Crippen molar-refractivity contribution in [3.05, 3.63) is 25.0 Å². The summed E-state index contributed by atoms with van der Waals surface area (Å²) in [7, 11) is 0. The Morgan fingerprint density at radius 2 is 2.00 bits per heavy atom. The first-order valence-corrected chi connectivity index (χ1v) is 5.87. The molecule has 0 spiro atoms. The van der Waals surface area contributed by atoms with E-state index in [-0.39, 0.29) is 25.2 Å². The van der Waals surface area contributed by atoms with Gasteiger partial charge < -0.3 is 19.7 Å². The lowest BCUT2D eigenvalue weighted by atomic mass is 9.92. The lowest BCUT2D eigenvalue weighted by molar-refractivity contribution is -0.157. The summed E-state index contributed by atoms with van der Waals surface area (Å²) >= 11 is 0. The van der Waals surface area contributed by atoms with Gasteiger partial charge in [-0.1, -0.05) is 20.1 Å². The van der Waals surface area contributed by atoms with Gasteiger partial charge >= 0.3 is 11.9 Å². The smallest absolute Gasteiger partial charge is 0.344 e. The van der Waals surface area contributed by atoms with Crippen molar-refractivity contribution < 1.29 is 29.3 Å². The third kappa shape index (κ3) is 7.99. The zero-order valence-electron chi connectivity index (χ0n) is 11.1. The van der Waals surface area contributed by atoms with Crippen molar-refractivity contribution in [3.8, 4) is 0 Å². The fourth-order valence-electron chi connectivity index (χ4n) is 1.36. The topological polar surface area (TPSA) is 93.1 Å². The van der Waals surface area contributed by atoms with Gasteiger partial charge in [0.1, 0.15) is 0 Å². The largest absolute Gasteiger partial charge is 0.513 e. The van der Waals surface area contributed by atoms with Crippen molar-refractivity contribution in [2.75, 3.05) is 13.2 Å². The summed E-state index contributed by atoms with van der Waals surface area (Å²) in [4.78, 5) is 21.9. The second kappa shape index (κ2) is 8.31. The van der Waals surface area contributed by atoms with Gasteiger partial charge in [0.25, 0.3) is 0 Å². The number of aliphatic hydroxyl groups excluding tert-OH is 1. The number of hydrogen-bond donors (Lipinski definition) is 2. The fraction of sp³-hybridized carbons (Fsp3) is 0.538. The van der Waals surface area contributed by atoms with Crippen LogP contribution < -0.4 is 0 Å². The summed E-state index contributed by atoms with van der Waals surface area (Å²) in [6.07, 6.45) is 1.50. The molecule has 0 rings (SSSR count). The second-order valence-electron chi connectivity index (χ2n) is 4.10. The molecular weight excluding hydrogens is 252 g/mol. The third-order valence-electron chi connectivity index (χ3n) is 2.52. The molecule has 19 heavy (non-hydrogen) atoms. The van der Waals surface area contributed by atoms with Gasteiger partial charge in [-0.25, -0.2) is 9.59 Å². The summed E-state index contributed by atoms with van der Waals surface area (Å²) in [6, 6.07) is 0. The van der Waals surface area contributed by atoms with E-state index in [1.807, 2.05) is 0 Å². The Bertz CT molecular complexity index is 349. The Kier molecular flexibility index (Phi) is 7.52. The number of rotatable bonds is 9. The molecule has 108 valence electrons. The molecule has 0 aliphatic carbocycles. The van der Waals surface area contributed by atoms with Crippen LogP contribution in [0, 0.1) is 0 Å². The zero-order valence-corrected chi connectivity index (χ0v) is 11.1. The molecule has 0 aromatic carbocycles. The van der Waals surface area contributed by atoms with Gasteiger partial charge in [-0.3, -0.25) is 0 Å². The highest BCUT2D eigenvalue weighted by Crippen LogP contribution is 2.22. The molecule has 0 amide bonds. The first kappa shape index (κ1) is 17.2. The molecule has 0 heterocycles. The molecule has 0 bridgehead atoms. The molecule has 1 unspecified atom stereocenters. The van der Waals surface area contributed by atoms with Crippen LogP contribution in [0.15, 0.2) is 25.0 Å². The highest BCUT2D eigenvalue weighted by Gasteiger charge is 2.26. The number of carbonyl (C=O) groups excluding carboxylic acids is 2. The SMILES string of the molecule is C=CC(=O)OCC(=O)OCCC(O)(CC)CC(=C)O. The lowest BCUT2D eigenvalue weighted by Crippen LogP contribution is -2.30. The Balaban J connectivity index is 3.99. The van der Waals surface area contributed by atoms with Crippen molar-refractivity contribution in [1.82, 2.24) is 0 Å². The van der Waals surface area contributed by atoms with Gasteiger partial charge in [-0.05, 0) is 6.42 Å². The van der Waals surface area contributed by atoms with Crippen LogP contribution in [0.1, 0.15) is 26.2 Å². The number of ether oxygens (including phenoxy) is 2. The Labute approximate surface area is 112 Å². The number of carbonyl (C=O) groups is 2. The van der Waals surface area contributed by atoms with Crippen LogP contribution in [0.4, 0.5) is 0 Å². The van der Waals surface area contributed by atoms with Crippen molar-refractivity contribution >= 4 is 11.9 Å². The van der Waals surface area contributed by atoms with Gasteiger partial charge in [-0.2, -0.15) is 0 Å². The van der Waals surface area contributed by atoms with Gasteiger partial charge in [0.15, 0.2) is 6.61 Å². The number of aliphatic hydroxyl groups is 2. The number of esters is 2. The second-order valence-corrected chi connectivity index (χ2v) is 4.10. The molecule has 0 saturated carbocycles. The van der Waals surface area contributed by atoms with E-state index in [9.17, 15) is 14.7 Å². The minimum Gasteiger partial charge on any atom is -0.513 e. The highest BCUT2D eigenvalue weighted by molar-refractivity contribution is 5.83. The van der Waals surface area contributed by atoms with E-state index >= 15 is 0 Å². The summed E-state index contributed by atoms with van der Waals surface area (Å²) in [6.45, 7) is 7.70. The molecular formula is C13H20O6. The van der Waals surface area contributed by atoms with Crippen molar-refractivity contribution in [2.45, 2.75) is 31.8 Å². The maximum absolute atomic E-state index is 11.2. The molecule has 1 atom stereocenters. The average molecular weight is 272 g/mol. The van der Waals surface area contributed by atoms with E-state index in [0.29, 0.717) is 6.42 Å². The van der Waals surface area contributed by atoms with E-state index in [4.69, 9.17) is 9.84 Å². The van der Waals surface area contributed by atoms with Gasteiger partial charge in [0.05, 0.1) is 18.0 Å². The van der Waals surface area contributed by atoms with Gasteiger partial charge in [0, 0.05) is 18.9 Å². The zero-order chi connectivity index (χ0) is 14.9. The van der Waals surface area contributed by atoms with E-state index in [1.165, 1.54) is 0 Å². The first-order chi connectivity index (χ1) is 8.83. The molecule has 6 nitrogen and oxygen atoms in total. The van der Waals surface area contributed by atoms with Crippen LogP contribution in [0.2, 0.25) is 0 Å². The Morgan fingerprint density at radius 3 is 2.47 bits per heavy atom. The minimum atomic E-state index is -1.16. The monoisotopic (exact) mass is 272 g/mol. The molecule has 2 N–H and O–H groups in total. The minimum absolute atomic E-state index is 0.0203. The van der Waals surface area contributed by atoms with E-state index in [1.54, 1.807) is 6.92 Å². The van der Waals surface area contributed by atoms with Crippen molar-refractivity contribution in [3.63, 3.8) is 0 Å². The molecule has 0 aromatic heterocycles. The maximum atomic E-state index is 11.2. The maximum Gasteiger partial charge on any atom is 0.344 e. The summed E-state index contributed by atoms with van der Waals surface area (Å²) < 4.78 is 9.27. The van der Waals surface area contributed by atoms with E-state index in [2.05, 4.69) is 17.9 Å². The van der Waals surface area contributed by atoms with Crippen LogP contribution in [-0.4, -0.2) is 41.0 Å². The molecule has 0 aromatic rings. The van der Waals surface area contributed by atoms with Crippen LogP contribution in [0.25, 0.3) is 0 Å². The van der Waals surface area contributed by atoms with Gasteiger partial charge in [-0.15, -0.1) is 0 Å². The summed E-state index contributed by atoms with van der Waals surface area (Å²) in [5.74, 6) is -1.55. The Morgan fingerprint density at radius 1 is 1.37 bits per heavy atom. The average Bonchev–Trinajstić information content (AvgIpc) is 2.35. The van der Waals surface area contributed by atoms with E-state index < -0.39 is 24.1 Å².